The summed E-state index contributed by atoms with van der Waals surface area (Å²) in [5.41, 5.74) is 1.30. The fourth-order valence-electron chi connectivity index (χ4n) is 7.88. The molecule has 5 rings (SSSR count). The predicted octanol–water partition coefficient (Wildman–Crippen LogP) is 3.20. The number of aryl methyl sites for hydroxylation is 2. The minimum atomic E-state index is -3.70. The monoisotopic (exact) mass is 603 g/mol. The Morgan fingerprint density at radius 1 is 0.881 bits per heavy atom. The molecule has 1 aliphatic carbocycles. The normalized spacial score (nSPS) is 26.8. The van der Waals surface area contributed by atoms with Crippen LogP contribution >= 0.6 is 0 Å². The Bertz CT molecular complexity index is 1150. The molecule has 236 valence electrons. The minimum absolute atomic E-state index is 0.0482. The highest BCUT2D eigenvalue weighted by molar-refractivity contribution is 7.89. The predicted molar refractivity (Wildman–Crippen MR) is 166 cm³/mol. The lowest BCUT2D eigenvalue weighted by Gasteiger charge is -2.43. The van der Waals surface area contributed by atoms with E-state index in [1.165, 1.54) is 62.5 Å². The number of ether oxygens (including phenoxy) is 1. The van der Waals surface area contributed by atoms with Crippen LogP contribution in [0.15, 0.2) is 17.0 Å². The van der Waals surface area contributed by atoms with Gasteiger partial charge in [0.1, 0.15) is 5.75 Å². The van der Waals surface area contributed by atoms with Crippen LogP contribution in [-0.4, -0.2) is 130 Å². The molecule has 1 atom stereocenters. The van der Waals surface area contributed by atoms with Crippen molar-refractivity contribution in [3.05, 3.63) is 23.3 Å². The third-order valence-corrected chi connectivity index (χ3v) is 12.6. The summed E-state index contributed by atoms with van der Waals surface area (Å²) in [4.78, 5) is 23.4. The second kappa shape index (κ2) is 13.9. The lowest BCUT2D eigenvalue weighted by atomic mass is 9.84. The summed E-state index contributed by atoms with van der Waals surface area (Å²) in [6.07, 6.45) is 9.46. The molecule has 1 amide bonds. The molecule has 1 aromatic carbocycles. The van der Waals surface area contributed by atoms with Crippen LogP contribution in [0.3, 0.4) is 0 Å². The van der Waals surface area contributed by atoms with Crippen LogP contribution in [0.5, 0.6) is 5.75 Å². The summed E-state index contributed by atoms with van der Waals surface area (Å²) >= 11 is 0. The zero-order chi connectivity index (χ0) is 29.9. The van der Waals surface area contributed by atoms with E-state index in [4.69, 9.17) is 4.74 Å². The van der Waals surface area contributed by atoms with E-state index in [2.05, 4.69) is 14.7 Å². The van der Waals surface area contributed by atoms with E-state index >= 15 is 0 Å². The first kappa shape index (κ1) is 31.7. The molecule has 1 saturated carbocycles. The zero-order valence-electron chi connectivity index (χ0n) is 26.4. The maximum atomic E-state index is 13.3. The molecular weight excluding hydrogens is 550 g/mol. The molecule has 0 bridgehead atoms. The molecule has 0 spiro atoms. The first-order valence-corrected chi connectivity index (χ1v) is 17.7. The Balaban J connectivity index is 1.03. The van der Waals surface area contributed by atoms with Crippen LogP contribution in [-0.2, 0) is 14.8 Å². The highest BCUT2D eigenvalue weighted by atomic mass is 32.2. The van der Waals surface area contributed by atoms with Gasteiger partial charge in [0.05, 0.1) is 12.0 Å². The second-order valence-corrected chi connectivity index (χ2v) is 15.2. The standard InChI is InChI=1S/C32H53N5O4S/c1-25-21-30(41-4)22-26(2)32(25)42(39,40)33(3)15-12-31(38)37-16-11-29(24-37)36-19-17-35(18-20-36)28-9-7-27(8-10-28)23-34-13-5-6-14-34/h21-22,27-29H,5-20,23-24H2,1-4H3/t27-,28+,29?. The van der Waals surface area contributed by atoms with Crippen molar-refractivity contribution in [1.82, 2.24) is 23.9 Å². The molecule has 3 heterocycles. The van der Waals surface area contributed by atoms with Gasteiger partial charge in [-0.25, -0.2) is 12.7 Å². The highest BCUT2D eigenvalue weighted by Crippen LogP contribution is 2.31. The molecule has 0 radical (unpaired) electrons. The summed E-state index contributed by atoms with van der Waals surface area (Å²) in [5.74, 6) is 1.59. The van der Waals surface area contributed by atoms with Crippen molar-refractivity contribution in [3.8, 4) is 5.75 Å². The number of piperazine rings is 1. The average Bonchev–Trinajstić information content (AvgIpc) is 3.68. The van der Waals surface area contributed by atoms with E-state index in [1.54, 1.807) is 40.1 Å². The van der Waals surface area contributed by atoms with Crippen molar-refractivity contribution in [1.29, 1.82) is 0 Å². The summed E-state index contributed by atoms with van der Waals surface area (Å²) < 4.78 is 33.3. The third kappa shape index (κ3) is 7.32. The molecule has 4 fully saturated rings. The Hall–Kier alpha value is -1.72. The average molecular weight is 604 g/mol. The van der Waals surface area contributed by atoms with Crippen LogP contribution in [0.4, 0.5) is 0 Å². The lowest BCUT2D eigenvalue weighted by Crippen LogP contribution is -2.54. The van der Waals surface area contributed by atoms with Crippen LogP contribution in [0, 0.1) is 19.8 Å². The zero-order valence-corrected chi connectivity index (χ0v) is 27.2. The smallest absolute Gasteiger partial charge is 0.243 e. The molecule has 3 saturated heterocycles. The summed E-state index contributed by atoms with van der Waals surface area (Å²) in [7, 11) is -0.562. The van der Waals surface area contributed by atoms with Crippen molar-refractivity contribution in [2.75, 3.05) is 79.6 Å². The van der Waals surface area contributed by atoms with Gasteiger partial charge in [0.15, 0.2) is 0 Å². The maximum absolute atomic E-state index is 13.3. The fourth-order valence-corrected chi connectivity index (χ4v) is 9.45. The van der Waals surface area contributed by atoms with E-state index < -0.39 is 10.0 Å². The molecule has 0 aromatic heterocycles. The molecule has 10 heteroatoms. The second-order valence-electron chi connectivity index (χ2n) is 13.2. The Morgan fingerprint density at radius 2 is 1.48 bits per heavy atom. The van der Waals surface area contributed by atoms with Crippen molar-refractivity contribution >= 4 is 15.9 Å². The molecule has 9 nitrogen and oxygen atoms in total. The number of hydrogen-bond acceptors (Lipinski definition) is 7. The van der Waals surface area contributed by atoms with Gasteiger partial charge in [-0.3, -0.25) is 14.6 Å². The Morgan fingerprint density at radius 3 is 2.07 bits per heavy atom. The number of hydrogen-bond donors (Lipinski definition) is 0. The summed E-state index contributed by atoms with van der Waals surface area (Å²) in [6, 6.07) is 4.65. The van der Waals surface area contributed by atoms with Crippen LogP contribution < -0.4 is 4.74 Å². The third-order valence-electron chi connectivity index (χ3n) is 10.4. The number of amides is 1. The van der Waals surface area contributed by atoms with Gasteiger partial charge in [0, 0.05) is 77.9 Å². The van der Waals surface area contributed by atoms with E-state index in [9.17, 15) is 13.2 Å². The number of methoxy groups -OCH3 is 1. The first-order valence-electron chi connectivity index (χ1n) is 16.3. The van der Waals surface area contributed by atoms with Gasteiger partial charge in [-0.2, -0.15) is 0 Å². The fraction of sp³-hybridized carbons (Fsp3) is 0.781. The number of benzene rings is 1. The first-order chi connectivity index (χ1) is 20.2. The highest BCUT2D eigenvalue weighted by Gasteiger charge is 2.35. The Kier molecular flexibility index (Phi) is 10.5. The van der Waals surface area contributed by atoms with Gasteiger partial charge in [0.25, 0.3) is 0 Å². The van der Waals surface area contributed by atoms with Crippen LogP contribution in [0.1, 0.15) is 62.5 Å². The molecule has 1 aromatic rings. The molecule has 1 unspecified atom stereocenters. The quantitative estimate of drug-likeness (QED) is 0.407. The van der Waals surface area contributed by atoms with Crippen LogP contribution in [0.25, 0.3) is 0 Å². The van der Waals surface area contributed by atoms with E-state index in [1.807, 2.05) is 4.90 Å². The van der Waals surface area contributed by atoms with E-state index in [0.717, 1.165) is 57.6 Å². The van der Waals surface area contributed by atoms with E-state index in [0.29, 0.717) is 27.8 Å². The number of nitrogens with zero attached hydrogens (tertiary/aromatic N) is 5. The molecule has 42 heavy (non-hydrogen) atoms. The largest absolute Gasteiger partial charge is 0.497 e. The van der Waals surface area contributed by atoms with Crippen molar-refractivity contribution in [2.45, 2.75) is 82.2 Å². The van der Waals surface area contributed by atoms with Gasteiger partial charge in [-0.1, -0.05) is 0 Å². The molecule has 0 N–H and O–H groups in total. The van der Waals surface area contributed by atoms with E-state index in [-0.39, 0.29) is 18.9 Å². The number of likely N-dealkylation sites (tertiary alicyclic amines) is 2. The number of rotatable bonds is 10. The van der Waals surface area contributed by atoms with Crippen molar-refractivity contribution in [2.24, 2.45) is 5.92 Å². The lowest BCUT2D eigenvalue weighted by molar-refractivity contribution is -0.130. The van der Waals surface area contributed by atoms with Gasteiger partial charge in [0.2, 0.25) is 15.9 Å². The molecular formula is C32H53N5O4S. The molecule has 3 aliphatic heterocycles. The van der Waals surface area contributed by atoms with Crippen LogP contribution in [0.2, 0.25) is 0 Å². The topological polar surface area (TPSA) is 76.6 Å². The van der Waals surface area contributed by atoms with Gasteiger partial charge in [-0.15, -0.1) is 0 Å². The maximum Gasteiger partial charge on any atom is 0.243 e. The van der Waals surface area contributed by atoms with Gasteiger partial charge in [-0.05, 0) is 101 Å². The van der Waals surface area contributed by atoms with Gasteiger partial charge >= 0.3 is 0 Å². The minimum Gasteiger partial charge on any atom is -0.497 e. The number of carbonyl (C=O) groups is 1. The Labute approximate surface area is 254 Å². The number of carbonyl (C=O) groups excluding carboxylic acids is 1. The molecule has 4 aliphatic rings. The summed E-state index contributed by atoms with van der Waals surface area (Å²) in [5, 5.41) is 0. The van der Waals surface area contributed by atoms with Crippen molar-refractivity contribution < 1.29 is 17.9 Å². The van der Waals surface area contributed by atoms with Gasteiger partial charge < -0.3 is 14.5 Å². The van der Waals surface area contributed by atoms with Crippen molar-refractivity contribution in [3.63, 3.8) is 0 Å². The SMILES string of the molecule is COc1cc(C)c(S(=O)(=O)N(C)CCC(=O)N2CCC(N3CCN([C@H]4CC[C@@H](CN5CCCC5)CC4)CC3)C2)c(C)c1. The summed E-state index contributed by atoms with van der Waals surface area (Å²) in [6.45, 7) is 13.7. The number of sulfonamides is 1.